The average molecular weight is 197 g/mol. The van der Waals surface area contributed by atoms with E-state index in [1.807, 2.05) is 11.3 Å². The first kappa shape index (κ1) is 10.7. The van der Waals surface area contributed by atoms with Crippen LogP contribution in [0, 0.1) is 6.92 Å². The summed E-state index contributed by atoms with van der Waals surface area (Å²) >= 11 is 1.85. The van der Waals surface area contributed by atoms with Crippen LogP contribution in [0.1, 0.15) is 43.7 Å². The lowest BCUT2D eigenvalue weighted by Crippen LogP contribution is -2.27. The van der Waals surface area contributed by atoms with E-state index in [-0.39, 0.29) is 0 Å². The van der Waals surface area contributed by atoms with E-state index in [0.29, 0.717) is 12.1 Å². The van der Waals surface area contributed by atoms with Crippen molar-refractivity contribution in [1.82, 2.24) is 5.32 Å². The fraction of sp³-hybridized carbons (Fsp3) is 0.636. The Morgan fingerprint density at radius 2 is 2.15 bits per heavy atom. The molecule has 13 heavy (non-hydrogen) atoms. The van der Waals surface area contributed by atoms with Gasteiger partial charge in [-0.15, -0.1) is 11.3 Å². The molecule has 2 heteroatoms. The smallest absolute Gasteiger partial charge is 0.0390 e. The monoisotopic (exact) mass is 197 g/mol. The van der Waals surface area contributed by atoms with Crippen molar-refractivity contribution in [2.24, 2.45) is 0 Å². The first-order valence-electron chi connectivity index (χ1n) is 4.95. The second-order valence-electron chi connectivity index (χ2n) is 3.67. The van der Waals surface area contributed by atoms with Gasteiger partial charge in [0.25, 0.3) is 0 Å². The molecule has 0 amide bonds. The first-order chi connectivity index (χ1) is 6.15. The Hall–Kier alpha value is -0.340. The lowest BCUT2D eigenvalue weighted by Gasteiger charge is -2.18. The molecule has 2 atom stereocenters. The third kappa shape index (κ3) is 2.82. The molecule has 0 aliphatic heterocycles. The molecule has 0 saturated heterocycles. The van der Waals surface area contributed by atoms with Crippen molar-refractivity contribution in [3.8, 4) is 0 Å². The first-order valence-corrected chi connectivity index (χ1v) is 5.83. The summed E-state index contributed by atoms with van der Waals surface area (Å²) < 4.78 is 0. The number of hydrogen-bond acceptors (Lipinski definition) is 2. The zero-order valence-electron chi connectivity index (χ0n) is 8.92. The largest absolute Gasteiger partial charge is 0.307 e. The minimum atomic E-state index is 0.495. The molecule has 0 fully saturated rings. The maximum atomic E-state index is 3.58. The zero-order valence-corrected chi connectivity index (χ0v) is 9.74. The van der Waals surface area contributed by atoms with E-state index in [1.54, 1.807) is 0 Å². The van der Waals surface area contributed by atoms with Gasteiger partial charge in [0.1, 0.15) is 0 Å². The average Bonchev–Trinajstić information content (AvgIpc) is 2.51. The molecule has 0 aromatic carbocycles. The number of aryl methyl sites for hydroxylation is 1. The van der Waals surface area contributed by atoms with Crippen LogP contribution in [0.3, 0.4) is 0 Å². The SMILES string of the molecule is CC[C@H](C)N[C@H](C)c1sccc1C. The second kappa shape index (κ2) is 4.77. The summed E-state index contributed by atoms with van der Waals surface area (Å²) in [5.41, 5.74) is 1.41. The van der Waals surface area contributed by atoms with Crippen LogP contribution in [-0.2, 0) is 0 Å². The van der Waals surface area contributed by atoms with Crippen molar-refractivity contribution in [1.29, 1.82) is 0 Å². The summed E-state index contributed by atoms with van der Waals surface area (Å²) in [5, 5.41) is 5.75. The Morgan fingerprint density at radius 3 is 2.62 bits per heavy atom. The van der Waals surface area contributed by atoms with Crippen LogP contribution in [0.15, 0.2) is 11.4 Å². The van der Waals surface area contributed by atoms with Crippen molar-refractivity contribution in [2.45, 2.75) is 46.2 Å². The van der Waals surface area contributed by atoms with Crippen molar-refractivity contribution < 1.29 is 0 Å². The molecule has 1 aromatic heterocycles. The summed E-state index contributed by atoms with van der Waals surface area (Å²) in [6.07, 6.45) is 1.19. The van der Waals surface area contributed by atoms with Gasteiger partial charge in [-0.3, -0.25) is 0 Å². The van der Waals surface area contributed by atoms with Crippen molar-refractivity contribution in [3.63, 3.8) is 0 Å². The summed E-state index contributed by atoms with van der Waals surface area (Å²) in [7, 11) is 0. The van der Waals surface area contributed by atoms with Crippen LogP contribution in [0.25, 0.3) is 0 Å². The van der Waals surface area contributed by atoms with Gasteiger partial charge in [0.15, 0.2) is 0 Å². The maximum absolute atomic E-state index is 3.58. The van der Waals surface area contributed by atoms with Gasteiger partial charge in [0, 0.05) is 17.0 Å². The third-order valence-corrected chi connectivity index (χ3v) is 3.64. The molecule has 0 aliphatic carbocycles. The van der Waals surface area contributed by atoms with Crippen molar-refractivity contribution in [3.05, 3.63) is 21.9 Å². The highest BCUT2D eigenvalue weighted by Crippen LogP contribution is 2.23. The molecule has 1 nitrogen and oxygen atoms in total. The summed E-state index contributed by atoms with van der Waals surface area (Å²) in [4.78, 5) is 1.47. The van der Waals surface area contributed by atoms with Gasteiger partial charge in [-0.05, 0) is 44.2 Å². The molecule has 1 aromatic rings. The Morgan fingerprint density at radius 1 is 1.46 bits per heavy atom. The molecular weight excluding hydrogens is 178 g/mol. The normalized spacial score (nSPS) is 15.7. The van der Waals surface area contributed by atoms with Crippen molar-refractivity contribution in [2.75, 3.05) is 0 Å². The molecule has 0 aliphatic rings. The quantitative estimate of drug-likeness (QED) is 0.779. The lowest BCUT2D eigenvalue weighted by atomic mass is 10.1. The Bertz CT molecular complexity index is 254. The van der Waals surface area contributed by atoms with Gasteiger partial charge in [-0.1, -0.05) is 6.92 Å². The highest BCUT2D eigenvalue weighted by Gasteiger charge is 2.10. The topological polar surface area (TPSA) is 12.0 Å². The fourth-order valence-corrected chi connectivity index (χ4v) is 2.39. The molecular formula is C11H19NS. The summed E-state index contributed by atoms with van der Waals surface area (Å²) in [6.45, 7) is 8.87. The van der Waals surface area contributed by atoms with Crippen LogP contribution in [0.5, 0.6) is 0 Å². The zero-order chi connectivity index (χ0) is 9.84. The molecule has 1 rings (SSSR count). The van der Waals surface area contributed by atoms with Crippen LogP contribution in [-0.4, -0.2) is 6.04 Å². The Balaban J connectivity index is 2.58. The van der Waals surface area contributed by atoms with E-state index in [0.717, 1.165) is 0 Å². The third-order valence-electron chi connectivity index (χ3n) is 2.44. The minimum absolute atomic E-state index is 0.495. The van der Waals surface area contributed by atoms with Crippen LogP contribution < -0.4 is 5.32 Å². The van der Waals surface area contributed by atoms with E-state index < -0.39 is 0 Å². The van der Waals surface area contributed by atoms with E-state index in [2.05, 4.69) is 44.5 Å². The van der Waals surface area contributed by atoms with E-state index >= 15 is 0 Å². The van der Waals surface area contributed by atoms with E-state index in [9.17, 15) is 0 Å². The maximum Gasteiger partial charge on any atom is 0.0390 e. The summed E-state index contributed by atoms with van der Waals surface area (Å²) in [6, 6.07) is 3.29. The number of rotatable bonds is 4. The van der Waals surface area contributed by atoms with Crippen LogP contribution >= 0.6 is 11.3 Å². The van der Waals surface area contributed by atoms with Gasteiger partial charge in [0.2, 0.25) is 0 Å². The molecule has 0 unspecified atom stereocenters. The highest BCUT2D eigenvalue weighted by atomic mass is 32.1. The van der Waals surface area contributed by atoms with Gasteiger partial charge < -0.3 is 5.32 Å². The molecule has 0 radical (unpaired) electrons. The standard InChI is InChI=1S/C11H19NS/c1-5-9(3)12-10(4)11-8(2)6-7-13-11/h6-7,9-10,12H,5H2,1-4H3/t9-,10+/m0/s1. The van der Waals surface area contributed by atoms with E-state index in [4.69, 9.17) is 0 Å². The number of thiophene rings is 1. The molecule has 74 valence electrons. The summed E-state index contributed by atoms with van der Waals surface area (Å²) in [5.74, 6) is 0. The van der Waals surface area contributed by atoms with E-state index in [1.165, 1.54) is 16.9 Å². The van der Waals surface area contributed by atoms with Crippen LogP contribution in [0.2, 0.25) is 0 Å². The van der Waals surface area contributed by atoms with Gasteiger partial charge in [-0.2, -0.15) is 0 Å². The lowest BCUT2D eigenvalue weighted by molar-refractivity contribution is 0.473. The molecule has 0 spiro atoms. The second-order valence-corrected chi connectivity index (χ2v) is 4.61. The van der Waals surface area contributed by atoms with Gasteiger partial charge in [-0.25, -0.2) is 0 Å². The minimum Gasteiger partial charge on any atom is -0.307 e. The van der Waals surface area contributed by atoms with Crippen molar-refractivity contribution >= 4 is 11.3 Å². The number of hydrogen-bond donors (Lipinski definition) is 1. The Labute approximate surface area is 85.2 Å². The fourth-order valence-electron chi connectivity index (χ4n) is 1.45. The van der Waals surface area contributed by atoms with Gasteiger partial charge >= 0.3 is 0 Å². The molecule has 1 N–H and O–H groups in total. The number of nitrogens with one attached hydrogen (secondary N) is 1. The predicted molar refractivity (Wildman–Crippen MR) is 60.4 cm³/mol. The molecule has 0 saturated carbocycles. The predicted octanol–water partition coefficient (Wildman–Crippen LogP) is 3.51. The Kier molecular flexibility index (Phi) is 3.94. The molecule has 1 heterocycles. The van der Waals surface area contributed by atoms with Gasteiger partial charge in [0.05, 0.1) is 0 Å². The van der Waals surface area contributed by atoms with Crippen LogP contribution in [0.4, 0.5) is 0 Å². The highest BCUT2D eigenvalue weighted by molar-refractivity contribution is 7.10. The molecule has 0 bridgehead atoms.